The van der Waals surface area contributed by atoms with Gasteiger partial charge in [-0.1, -0.05) is 6.07 Å². The lowest BCUT2D eigenvalue weighted by atomic mass is 10.1. The average Bonchev–Trinajstić information content (AvgIpc) is 2.72. The van der Waals surface area contributed by atoms with E-state index in [1.54, 1.807) is 0 Å². The number of rotatable bonds is 6. The van der Waals surface area contributed by atoms with Gasteiger partial charge in [0.15, 0.2) is 5.75 Å². The molecule has 0 atom stereocenters. The van der Waals surface area contributed by atoms with Crippen LogP contribution in [0.1, 0.15) is 6.92 Å². The summed E-state index contributed by atoms with van der Waals surface area (Å²) >= 11 is 0. The number of nitro groups is 2. The second-order valence-corrected chi connectivity index (χ2v) is 8.10. The number of hydrogen-bond donors (Lipinski definition) is 4. The predicted octanol–water partition coefficient (Wildman–Crippen LogP) is 3.69. The number of phenols is 2. The molecule has 0 radical (unpaired) electrons. The number of carbonyl (C=O) groups is 1. The molecule has 3 aromatic rings. The lowest BCUT2D eigenvalue weighted by molar-refractivity contribution is -0.394. The van der Waals surface area contributed by atoms with Gasteiger partial charge in [0.2, 0.25) is 11.7 Å². The van der Waals surface area contributed by atoms with Gasteiger partial charge in [0.1, 0.15) is 16.3 Å². The van der Waals surface area contributed by atoms with E-state index < -0.39 is 65.0 Å². The van der Waals surface area contributed by atoms with E-state index in [9.17, 15) is 48.2 Å². The topological polar surface area (TPSA) is 235 Å². The van der Waals surface area contributed by atoms with Crippen LogP contribution >= 0.6 is 0 Å². The Bertz CT molecular complexity index is 1520. The van der Waals surface area contributed by atoms with E-state index >= 15 is 0 Å². The Balaban J connectivity index is 2.28. The maximum Gasteiger partial charge on any atom is 0.319 e. The molecular weight excluding hydrogens is 478 g/mol. The highest BCUT2D eigenvalue weighted by Crippen LogP contribution is 2.44. The van der Waals surface area contributed by atoms with E-state index in [0.29, 0.717) is 12.1 Å². The molecule has 0 bridgehead atoms. The van der Waals surface area contributed by atoms with Crippen molar-refractivity contribution in [3.05, 3.63) is 56.6 Å². The van der Waals surface area contributed by atoms with Gasteiger partial charge < -0.3 is 15.5 Å². The highest BCUT2D eigenvalue weighted by Gasteiger charge is 2.26. The van der Waals surface area contributed by atoms with Crippen LogP contribution in [0.3, 0.4) is 0 Å². The Labute approximate surface area is 189 Å². The first-order chi connectivity index (χ1) is 15.8. The Hall–Kier alpha value is -4.70. The summed E-state index contributed by atoms with van der Waals surface area (Å²) in [5, 5.41) is 52.3. The maximum absolute atomic E-state index is 11.9. The summed E-state index contributed by atoms with van der Waals surface area (Å²) in [7, 11) is -5.00. The summed E-state index contributed by atoms with van der Waals surface area (Å²) in [4.78, 5) is 30.4. The Morgan fingerprint density at radius 2 is 1.68 bits per heavy atom. The van der Waals surface area contributed by atoms with Gasteiger partial charge in [0.25, 0.3) is 15.8 Å². The standard InChI is InChI=1S/C18H13N5O10S/c1-8(24)19-10-3-2-9-4-15(34(31,32)33)16(17(25)12(9)5-10)21-20-13-6-11(22(27)28)7-14(18(13)26)23(29)30/h2-7,25-26H,1H3,(H,19,24)(H,31,32,33). The molecule has 0 unspecified atom stereocenters. The number of amides is 1. The monoisotopic (exact) mass is 491 g/mol. The second kappa shape index (κ2) is 8.68. The largest absolute Gasteiger partial charge is 0.505 e. The number of nitrogens with one attached hydrogen (secondary N) is 1. The predicted molar refractivity (Wildman–Crippen MR) is 115 cm³/mol. The van der Waals surface area contributed by atoms with Gasteiger partial charge in [-0.05, 0) is 23.6 Å². The number of nitrogens with zero attached hydrogens (tertiary/aromatic N) is 4. The molecule has 3 rings (SSSR count). The fraction of sp³-hybridized carbons (Fsp3) is 0.0556. The van der Waals surface area contributed by atoms with Gasteiger partial charge in [0.05, 0.1) is 15.9 Å². The fourth-order valence-corrected chi connectivity index (χ4v) is 3.59. The smallest absolute Gasteiger partial charge is 0.319 e. The summed E-state index contributed by atoms with van der Waals surface area (Å²) in [6, 6.07) is 6.06. The van der Waals surface area contributed by atoms with Gasteiger partial charge in [-0.15, -0.1) is 10.2 Å². The number of aromatic hydroxyl groups is 2. The van der Waals surface area contributed by atoms with Crippen molar-refractivity contribution < 1.29 is 37.8 Å². The van der Waals surface area contributed by atoms with Crippen LogP contribution in [0.4, 0.5) is 28.4 Å². The number of nitro benzene ring substituents is 2. The molecule has 0 fully saturated rings. The van der Waals surface area contributed by atoms with Crippen LogP contribution in [0.25, 0.3) is 10.8 Å². The van der Waals surface area contributed by atoms with E-state index in [1.165, 1.54) is 25.1 Å². The first-order valence-electron chi connectivity index (χ1n) is 8.92. The third kappa shape index (κ3) is 4.71. The van der Waals surface area contributed by atoms with Crippen molar-refractivity contribution >= 4 is 55.2 Å². The number of phenolic OH excluding ortho intramolecular Hbond substituents is 2. The molecule has 34 heavy (non-hydrogen) atoms. The molecule has 15 nitrogen and oxygen atoms in total. The van der Waals surface area contributed by atoms with Crippen molar-refractivity contribution in [1.82, 2.24) is 0 Å². The summed E-state index contributed by atoms with van der Waals surface area (Å²) in [6.07, 6.45) is 0. The summed E-state index contributed by atoms with van der Waals surface area (Å²) in [5.74, 6) is -2.36. The number of benzene rings is 3. The van der Waals surface area contributed by atoms with Crippen LogP contribution in [-0.4, -0.2) is 38.9 Å². The molecule has 0 spiro atoms. The van der Waals surface area contributed by atoms with Crippen molar-refractivity contribution in [2.24, 2.45) is 10.2 Å². The second-order valence-electron chi connectivity index (χ2n) is 6.71. The maximum atomic E-state index is 11.9. The molecule has 0 aliphatic rings. The van der Waals surface area contributed by atoms with Crippen LogP contribution in [0, 0.1) is 20.2 Å². The van der Waals surface area contributed by atoms with Crippen LogP contribution in [0.15, 0.2) is 51.5 Å². The normalized spacial score (nSPS) is 11.6. The van der Waals surface area contributed by atoms with Crippen molar-refractivity contribution in [1.29, 1.82) is 0 Å². The summed E-state index contributed by atoms with van der Waals surface area (Å²) in [6.45, 7) is 1.23. The van der Waals surface area contributed by atoms with Crippen molar-refractivity contribution in [3.63, 3.8) is 0 Å². The van der Waals surface area contributed by atoms with Crippen LogP contribution in [-0.2, 0) is 14.9 Å². The lowest BCUT2D eigenvalue weighted by Crippen LogP contribution is -2.05. The first kappa shape index (κ1) is 24.0. The number of azo groups is 1. The van der Waals surface area contributed by atoms with Crippen molar-refractivity contribution in [3.8, 4) is 11.5 Å². The quantitative estimate of drug-likeness (QED) is 0.169. The molecule has 0 aliphatic heterocycles. The van der Waals surface area contributed by atoms with Gasteiger partial charge in [-0.2, -0.15) is 8.42 Å². The van der Waals surface area contributed by atoms with E-state index in [2.05, 4.69) is 15.5 Å². The minimum absolute atomic E-state index is 0.0261. The van der Waals surface area contributed by atoms with Gasteiger partial charge in [-0.3, -0.25) is 29.6 Å². The minimum atomic E-state index is -5.00. The van der Waals surface area contributed by atoms with E-state index in [0.717, 1.165) is 6.07 Å². The van der Waals surface area contributed by atoms with Crippen LogP contribution in [0.5, 0.6) is 11.5 Å². The van der Waals surface area contributed by atoms with Crippen molar-refractivity contribution in [2.45, 2.75) is 11.8 Å². The molecule has 0 saturated carbocycles. The zero-order chi connectivity index (χ0) is 25.4. The minimum Gasteiger partial charge on any atom is -0.505 e. The molecule has 3 aromatic carbocycles. The third-order valence-electron chi connectivity index (χ3n) is 4.37. The first-order valence-corrected chi connectivity index (χ1v) is 10.4. The average molecular weight is 491 g/mol. The van der Waals surface area contributed by atoms with Crippen LogP contribution < -0.4 is 5.32 Å². The number of anilines is 1. The van der Waals surface area contributed by atoms with Gasteiger partial charge in [-0.25, -0.2) is 0 Å². The van der Waals surface area contributed by atoms with E-state index in [-0.39, 0.29) is 16.5 Å². The third-order valence-corrected chi connectivity index (χ3v) is 5.24. The number of non-ortho nitro benzene ring substituents is 1. The molecule has 16 heteroatoms. The highest BCUT2D eigenvalue weighted by molar-refractivity contribution is 7.86. The molecule has 0 saturated heterocycles. The van der Waals surface area contributed by atoms with E-state index in [1.807, 2.05) is 0 Å². The molecule has 176 valence electrons. The number of hydrogen-bond acceptors (Lipinski definition) is 11. The molecule has 0 aromatic heterocycles. The fourth-order valence-electron chi connectivity index (χ4n) is 2.93. The molecule has 4 N–H and O–H groups in total. The van der Waals surface area contributed by atoms with Crippen LogP contribution in [0.2, 0.25) is 0 Å². The van der Waals surface area contributed by atoms with Gasteiger partial charge in [0, 0.05) is 24.1 Å². The summed E-state index contributed by atoms with van der Waals surface area (Å²) in [5.41, 5.74) is -3.28. The zero-order valence-corrected chi connectivity index (χ0v) is 17.7. The lowest BCUT2D eigenvalue weighted by Gasteiger charge is -2.10. The van der Waals surface area contributed by atoms with Gasteiger partial charge >= 0.3 is 5.69 Å². The Morgan fingerprint density at radius 3 is 2.24 bits per heavy atom. The highest BCUT2D eigenvalue weighted by atomic mass is 32.2. The SMILES string of the molecule is CC(=O)Nc1ccc2cc(S(=O)(=O)O)c(N=Nc3cc([N+](=O)[O-])cc([N+](=O)[O-])c3O)c(O)c2c1. The summed E-state index contributed by atoms with van der Waals surface area (Å²) < 4.78 is 33.4. The Morgan fingerprint density at radius 1 is 1.00 bits per heavy atom. The molecule has 1 amide bonds. The zero-order valence-electron chi connectivity index (χ0n) is 16.9. The van der Waals surface area contributed by atoms with E-state index in [4.69, 9.17) is 0 Å². The number of fused-ring (bicyclic) bond motifs is 1. The Kier molecular flexibility index (Phi) is 6.11. The molecule has 0 heterocycles. The molecule has 0 aliphatic carbocycles. The van der Waals surface area contributed by atoms with Crippen molar-refractivity contribution in [2.75, 3.05) is 5.32 Å². The molecular formula is C18H13N5O10S. The number of carbonyl (C=O) groups excluding carboxylic acids is 1.